The minimum Gasteiger partial charge on any atom is -0.372 e. The van der Waals surface area contributed by atoms with Crippen LogP contribution >= 0.6 is 0 Å². The average molecular weight is 237 g/mol. The summed E-state index contributed by atoms with van der Waals surface area (Å²) in [7, 11) is 1.89. The molecule has 0 spiro atoms. The zero-order valence-corrected chi connectivity index (χ0v) is 10.3. The lowest BCUT2D eigenvalue weighted by molar-refractivity contribution is 0.0497. The Morgan fingerprint density at radius 1 is 1.47 bits per heavy atom. The Hall–Kier alpha value is -0.930. The van der Waals surface area contributed by atoms with Crippen molar-refractivity contribution in [3.8, 4) is 0 Å². The van der Waals surface area contributed by atoms with Gasteiger partial charge in [0.05, 0.1) is 6.10 Å². The summed E-state index contributed by atoms with van der Waals surface area (Å²) < 4.78 is 19.0. The highest BCUT2D eigenvalue weighted by molar-refractivity contribution is 5.19. The van der Waals surface area contributed by atoms with Crippen LogP contribution in [0.2, 0.25) is 0 Å². The lowest BCUT2D eigenvalue weighted by Gasteiger charge is -2.18. The number of rotatable bonds is 7. The van der Waals surface area contributed by atoms with Gasteiger partial charge < -0.3 is 10.1 Å². The van der Waals surface area contributed by atoms with Gasteiger partial charge in [-0.05, 0) is 37.1 Å². The lowest BCUT2D eigenvalue weighted by atomic mass is 10.1. The Bertz CT molecular complexity index is 352. The number of likely N-dealkylation sites (N-methyl/N-ethyl adjacent to an activating group) is 1. The highest BCUT2D eigenvalue weighted by Gasteiger charge is 2.21. The van der Waals surface area contributed by atoms with Gasteiger partial charge >= 0.3 is 0 Å². The van der Waals surface area contributed by atoms with Gasteiger partial charge in [-0.25, -0.2) is 4.39 Å². The monoisotopic (exact) mass is 237 g/mol. The summed E-state index contributed by atoms with van der Waals surface area (Å²) in [5.74, 6) is 0.673. The second-order valence-corrected chi connectivity index (χ2v) is 4.70. The molecule has 1 saturated carbocycles. The van der Waals surface area contributed by atoms with Crippen molar-refractivity contribution in [3.05, 3.63) is 35.6 Å². The SMILES string of the molecule is CNCC(OCCC1CC1)c1cccc(F)c1. The summed E-state index contributed by atoms with van der Waals surface area (Å²) in [6, 6.07) is 6.67. The van der Waals surface area contributed by atoms with E-state index in [0.717, 1.165) is 24.5 Å². The Balaban J connectivity index is 1.89. The number of nitrogens with one attached hydrogen (secondary N) is 1. The number of hydrogen-bond acceptors (Lipinski definition) is 2. The quantitative estimate of drug-likeness (QED) is 0.787. The number of halogens is 1. The maximum atomic E-state index is 13.2. The molecule has 1 N–H and O–H groups in total. The molecule has 0 saturated heterocycles. The van der Waals surface area contributed by atoms with E-state index in [1.54, 1.807) is 12.1 Å². The van der Waals surface area contributed by atoms with Crippen molar-refractivity contribution in [1.82, 2.24) is 5.32 Å². The maximum absolute atomic E-state index is 13.2. The molecule has 0 heterocycles. The first-order valence-corrected chi connectivity index (χ1v) is 6.31. The van der Waals surface area contributed by atoms with Crippen LogP contribution in [-0.2, 0) is 4.74 Å². The zero-order valence-electron chi connectivity index (χ0n) is 10.3. The highest BCUT2D eigenvalue weighted by atomic mass is 19.1. The van der Waals surface area contributed by atoms with E-state index in [4.69, 9.17) is 4.74 Å². The van der Waals surface area contributed by atoms with Crippen LogP contribution in [0, 0.1) is 11.7 Å². The Labute approximate surface area is 102 Å². The van der Waals surface area contributed by atoms with E-state index in [2.05, 4.69) is 5.32 Å². The smallest absolute Gasteiger partial charge is 0.123 e. The van der Waals surface area contributed by atoms with Crippen LogP contribution in [0.3, 0.4) is 0 Å². The largest absolute Gasteiger partial charge is 0.372 e. The van der Waals surface area contributed by atoms with Crippen molar-refractivity contribution in [2.24, 2.45) is 5.92 Å². The molecule has 0 amide bonds. The van der Waals surface area contributed by atoms with Gasteiger partial charge in [-0.1, -0.05) is 25.0 Å². The third-order valence-corrected chi connectivity index (χ3v) is 3.15. The molecule has 1 aliphatic rings. The molecule has 0 aliphatic heterocycles. The summed E-state index contributed by atoms with van der Waals surface area (Å²) in [5.41, 5.74) is 0.912. The molecule has 2 nitrogen and oxygen atoms in total. The van der Waals surface area contributed by atoms with Gasteiger partial charge in [-0.3, -0.25) is 0 Å². The van der Waals surface area contributed by atoms with E-state index >= 15 is 0 Å². The predicted molar refractivity (Wildman–Crippen MR) is 66.4 cm³/mol. The van der Waals surface area contributed by atoms with Crippen LogP contribution in [-0.4, -0.2) is 20.2 Å². The second-order valence-electron chi connectivity index (χ2n) is 4.70. The van der Waals surface area contributed by atoms with Gasteiger partial charge in [0.2, 0.25) is 0 Å². The molecule has 1 aromatic carbocycles. The number of ether oxygens (including phenoxy) is 1. The number of benzene rings is 1. The molecule has 3 heteroatoms. The van der Waals surface area contributed by atoms with Crippen molar-refractivity contribution in [2.75, 3.05) is 20.2 Å². The van der Waals surface area contributed by atoms with Crippen LogP contribution in [0.4, 0.5) is 4.39 Å². The summed E-state index contributed by atoms with van der Waals surface area (Å²) in [6.45, 7) is 1.49. The highest BCUT2D eigenvalue weighted by Crippen LogP contribution is 2.32. The third kappa shape index (κ3) is 4.10. The van der Waals surface area contributed by atoms with Gasteiger partial charge in [0.25, 0.3) is 0 Å². The van der Waals surface area contributed by atoms with Crippen molar-refractivity contribution >= 4 is 0 Å². The molecule has 1 aromatic rings. The van der Waals surface area contributed by atoms with E-state index in [-0.39, 0.29) is 11.9 Å². The molecule has 0 aromatic heterocycles. The molecule has 0 bridgehead atoms. The molecule has 0 radical (unpaired) electrons. The van der Waals surface area contributed by atoms with Gasteiger partial charge in [0.1, 0.15) is 5.82 Å². The van der Waals surface area contributed by atoms with Crippen LogP contribution in [0.25, 0.3) is 0 Å². The van der Waals surface area contributed by atoms with E-state index in [0.29, 0.717) is 6.54 Å². The minimum absolute atomic E-state index is 0.0468. The standard InChI is InChI=1S/C14H20FNO/c1-16-10-14(17-8-7-11-5-6-11)12-3-2-4-13(15)9-12/h2-4,9,11,14,16H,5-8,10H2,1H3. The van der Waals surface area contributed by atoms with Crippen molar-refractivity contribution in [3.63, 3.8) is 0 Å². The van der Waals surface area contributed by atoms with Crippen LogP contribution in [0.1, 0.15) is 30.9 Å². The van der Waals surface area contributed by atoms with Crippen LogP contribution in [0.5, 0.6) is 0 Å². The Kier molecular flexibility index (Phi) is 4.51. The third-order valence-electron chi connectivity index (χ3n) is 3.15. The van der Waals surface area contributed by atoms with Crippen molar-refractivity contribution in [1.29, 1.82) is 0 Å². The minimum atomic E-state index is -0.200. The van der Waals surface area contributed by atoms with Gasteiger partial charge in [0, 0.05) is 13.2 Å². The first-order valence-electron chi connectivity index (χ1n) is 6.31. The van der Waals surface area contributed by atoms with Crippen molar-refractivity contribution in [2.45, 2.75) is 25.4 Å². The maximum Gasteiger partial charge on any atom is 0.123 e. The predicted octanol–water partition coefficient (Wildman–Crippen LogP) is 2.90. The molecule has 1 unspecified atom stereocenters. The molecule has 1 fully saturated rings. The van der Waals surface area contributed by atoms with Gasteiger partial charge in [0.15, 0.2) is 0 Å². The summed E-state index contributed by atoms with van der Waals surface area (Å²) in [6.07, 6.45) is 3.78. The second kappa shape index (κ2) is 6.12. The van der Waals surface area contributed by atoms with E-state index < -0.39 is 0 Å². The molecule has 94 valence electrons. The van der Waals surface area contributed by atoms with E-state index in [9.17, 15) is 4.39 Å². The average Bonchev–Trinajstić information content (AvgIpc) is 3.12. The van der Waals surface area contributed by atoms with Gasteiger partial charge in [-0.2, -0.15) is 0 Å². The molecular weight excluding hydrogens is 217 g/mol. The fraction of sp³-hybridized carbons (Fsp3) is 0.571. The van der Waals surface area contributed by atoms with E-state index in [1.165, 1.54) is 18.9 Å². The molecule has 17 heavy (non-hydrogen) atoms. The normalized spacial score (nSPS) is 17.1. The molecule has 2 rings (SSSR count). The molecule has 1 aliphatic carbocycles. The van der Waals surface area contributed by atoms with Crippen LogP contribution < -0.4 is 5.32 Å². The Morgan fingerprint density at radius 3 is 2.94 bits per heavy atom. The summed E-state index contributed by atoms with van der Waals surface area (Å²) >= 11 is 0. The summed E-state index contributed by atoms with van der Waals surface area (Å²) in [5, 5.41) is 3.09. The fourth-order valence-electron chi connectivity index (χ4n) is 1.95. The summed E-state index contributed by atoms with van der Waals surface area (Å²) in [4.78, 5) is 0. The van der Waals surface area contributed by atoms with Crippen molar-refractivity contribution < 1.29 is 9.13 Å². The molecule has 1 atom stereocenters. The topological polar surface area (TPSA) is 21.3 Å². The lowest BCUT2D eigenvalue weighted by Crippen LogP contribution is -2.20. The van der Waals surface area contributed by atoms with E-state index in [1.807, 2.05) is 13.1 Å². The molecular formula is C14H20FNO. The number of hydrogen-bond donors (Lipinski definition) is 1. The van der Waals surface area contributed by atoms with Gasteiger partial charge in [-0.15, -0.1) is 0 Å². The first-order chi connectivity index (χ1) is 8.29. The first kappa shape index (κ1) is 12.5. The fourth-order valence-corrected chi connectivity index (χ4v) is 1.95. The zero-order chi connectivity index (χ0) is 12.1. The van der Waals surface area contributed by atoms with Crippen LogP contribution in [0.15, 0.2) is 24.3 Å². The Morgan fingerprint density at radius 2 is 2.29 bits per heavy atom.